The standard InChI is InChI=1S/C12H7BrFN3S/c1-7-5-16-12(17-6-7)18-9-3-2-8(4-15)10(13)11(9)14/h2-3,5-6H,1H3. The lowest BCUT2D eigenvalue weighted by atomic mass is 10.2. The van der Waals surface area contributed by atoms with Crippen LogP contribution in [0.2, 0.25) is 0 Å². The third-order valence-corrected chi connectivity index (χ3v) is 3.83. The summed E-state index contributed by atoms with van der Waals surface area (Å²) < 4.78 is 14.1. The molecule has 18 heavy (non-hydrogen) atoms. The highest BCUT2D eigenvalue weighted by Crippen LogP contribution is 2.32. The Kier molecular flexibility index (Phi) is 3.94. The lowest BCUT2D eigenvalue weighted by molar-refractivity contribution is 0.594. The number of aromatic nitrogens is 2. The Morgan fingerprint density at radius 1 is 1.33 bits per heavy atom. The van der Waals surface area contributed by atoms with Crippen molar-refractivity contribution in [2.75, 3.05) is 0 Å². The van der Waals surface area contributed by atoms with Gasteiger partial charge in [0.15, 0.2) is 11.0 Å². The highest BCUT2D eigenvalue weighted by atomic mass is 79.9. The highest BCUT2D eigenvalue weighted by Gasteiger charge is 2.13. The van der Waals surface area contributed by atoms with Crippen molar-refractivity contribution in [3.05, 3.63) is 45.9 Å². The molecule has 0 unspecified atom stereocenters. The van der Waals surface area contributed by atoms with Gasteiger partial charge in [0.05, 0.1) is 14.9 Å². The minimum atomic E-state index is -0.469. The molecular weight excluding hydrogens is 317 g/mol. The lowest BCUT2D eigenvalue weighted by Gasteiger charge is -2.04. The zero-order chi connectivity index (χ0) is 13.1. The molecule has 0 aliphatic carbocycles. The van der Waals surface area contributed by atoms with Crippen molar-refractivity contribution in [2.45, 2.75) is 17.0 Å². The van der Waals surface area contributed by atoms with E-state index in [4.69, 9.17) is 5.26 Å². The number of nitriles is 1. The molecule has 0 bridgehead atoms. The second kappa shape index (κ2) is 5.46. The van der Waals surface area contributed by atoms with Gasteiger partial charge < -0.3 is 0 Å². The monoisotopic (exact) mass is 323 g/mol. The van der Waals surface area contributed by atoms with Crippen LogP contribution in [0, 0.1) is 24.1 Å². The topological polar surface area (TPSA) is 49.6 Å². The molecule has 1 heterocycles. The molecule has 3 nitrogen and oxygen atoms in total. The van der Waals surface area contributed by atoms with E-state index < -0.39 is 5.82 Å². The molecule has 90 valence electrons. The van der Waals surface area contributed by atoms with Gasteiger partial charge in [0.2, 0.25) is 0 Å². The Balaban J connectivity index is 2.33. The normalized spacial score (nSPS) is 10.1. The molecule has 1 aromatic heterocycles. The van der Waals surface area contributed by atoms with E-state index in [2.05, 4.69) is 25.9 Å². The maximum absolute atomic E-state index is 13.9. The molecule has 0 radical (unpaired) electrons. The first-order chi connectivity index (χ1) is 8.61. The van der Waals surface area contributed by atoms with Crippen molar-refractivity contribution in [1.29, 1.82) is 5.26 Å². The third kappa shape index (κ3) is 2.68. The number of nitrogens with zero attached hydrogens (tertiary/aromatic N) is 3. The fraction of sp³-hybridized carbons (Fsp3) is 0.0833. The number of hydrogen-bond donors (Lipinski definition) is 0. The van der Waals surface area contributed by atoms with E-state index in [1.165, 1.54) is 0 Å². The summed E-state index contributed by atoms with van der Waals surface area (Å²) in [6.07, 6.45) is 3.35. The average molecular weight is 324 g/mol. The van der Waals surface area contributed by atoms with E-state index in [0.29, 0.717) is 10.1 Å². The van der Waals surface area contributed by atoms with Crippen molar-refractivity contribution in [1.82, 2.24) is 9.97 Å². The number of benzene rings is 1. The molecule has 0 saturated carbocycles. The van der Waals surface area contributed by atoms with Gasteiger partial charge in [0.25, 0.3) is 0 Å². The maximum Gasteiger partial charge on any atom is 0.192 e. The Labute approximate surface area is 116 Å². The van der Waals surface area contributed by atoms with Crippen LogP contribution in [-0.4, -0.2) is 9.97 Å². The van der Waals surface area contributed by atoms with Crippen LogP contribution in [0.1, 0.15) is 11.1 Å². The van der Waals surface area contributed by atoms with Crippen molar-refractivity contribution in [3.8, 4) is 6.07 Å². The lowest BCUT2D eigenvalue weighted by Crippen LogP contribution is -1.91. The van der Waals surface area contributed by atoms with Crippen molar-refractivity contribution >= 4 is 27.7 Å². The third-order valence-electron chi connectivity index (χ3n) is 2.13. The smallest absolute Gasteiger partial charge is 0.192 e. The second-order valence-corrected chi connectivity index (χ2v) is 5.30. The van der Waals surface area contributed by atoms with E-state index >= 15 is 0 Å². The summed E-state index contributed by atoms with van der Waals surface area (Å²) in [6, 6.07) is 5.01. The van der Waals surface area contributed by atoms with Gasteiger partial charge in [0, 0.05) is 12.4 Å². The molecule has 0 fully saturated rings. The van der Waals surface area contributed by atoms with Crippen molar-refractivity contribution in [2.24, 2.45) is 0 Å². The van der Waals surface area contributed by atoms with E-state index in [0.717, 1.165) is 17.3 Å². The summed E-state index contributed by atoms with van der Waals surface area (Å²) in [5, 5.41) is 9.24. The average Bonchev–Trinajstić information content (AvgIpc) is 2.38. The van der Waals surface area contributed by atoms with Gasteiger partial charge in [-0.25, -0.2) is 14.4 Å². The Hall–Kier alpha value is -1.45. The molecule has 2 aromatic rings. The Morgan fingerprint density at radius 2 is 2.00 bits per heavy atom. The summed E-state index contributed by atoms with van der Waals surface area (Å²) in [7, 11) is 0. The molecule has 0 atom stereocenters. The highest BCUT2D eigenvalue weighted by molar-refractivity contribution is 9.10. The molecule has 6 heteroatoms. The van der Waals surface area contributed by atoms with Crippen LogP contribution in [0.4, 0.5) is 4.39 Å². The van der Waals surface area contributed by atoms with Crippen molar-refractivity contribution in [3.63, 3.8) is 0 Å². The first kappa shape index (κ1) is 13.0. The van der Waals surface area contributed by atoms with Crippen LogP contribution in [-0.2, 0) is 0 Å². The molecule has 0 aliphatic heterocycles. The fourth-order valence-electron chi connectivity index (χ4n) is 1.23. The quantitative estimate of drug-likeness (QED) is 0.790. The van der Waals surface area contributed by atoms with Crippen LogP contribution >= 0.6 is 27.7 Å². The van der Waals surface area contributed by atoms with Gasteiger partial charge in [-0.1, -0.05) is 0 Å². The van der Waals surface area contributed by atoms with Gasteiger partial charge in [-0.2, -0.15) is 5.26 Å². The zero-order valence-electron chi connectivity index (χ0n) is 9.32. The van der Waals surface area contributed by atoms with Gasteiger partial charge in [-0.3, -0.25) is 0 Å². The Bertz CT molecular complexity index is 622. The number of hydrogen-bond acceptors (Lipinski definition) is 4. The van der Waals surface area contributed by atoms with Crippen LogP contribution in [0.5, 0.6) is 0 Å². The van der Waals surface area contributed by atoms with E-state index in [1.807, 2.05) is 13.0 Å². The maximum atomic E-state index is 13.9. The van der Waals surface area contributed by atoms with Crippen LogP contribution in [0.3, 0.4) is 0 Å². The minimum absolute atomic E-state index is 0.169. The second-order valence-electron chi connectivity index (χ2n) is 3.50. The first-order valence-corrected chi connectivity index (χ1v) is 6.57. The number of aryl methyl sites for hydroxylation is 1. The van der Waals surface area contributed by atoms with Crippen LogP contribution in [0.25, 0.3) is 0 Å². The molecule has 0 amide bonds. The summed E-state index contributed by atoms with van der Waals surface area (Å²) in [4.78, 5) is 8.56. The minimum Gasteiger partial charge on any atom is -0.231 e. The SMILES string of the molecule is Cc1cnc(Sc2ccc(C#N)c(Br)c2F)nc1. The van der Waals surface area contributed by atoms with Gasteiger partial charge in [-0.05, 0) is 52.3 Å². The fourth-order valence-corrected chi connectivity index (χ4v) is 2.53. The zero-order valence-corrected chi connectivity index (χ0v) is 11.7. The predicted octanol–water partition coefficient (Wildman–Crippen LogP) is 3.71. The molecule has 0 aliphatic rings. The molecule has 0 saturated heterocycles. The van der Waals surface area contributed by atoms with Gasteiger partial charge in [-0.15, -0.1) is 0 Å². The predicted molar refractivity (Wildman–Crippen MR) is 69.7 cm³/mol. The van der Waals surface area contributed by atoms with Crippen LogP contribution < -0.4 is 0 Å². The molecule has 0 N–H and O–H groups in total. The van der Waals surface area contributed by atoms with Gasteiger partial charge in [0.1, 0.15) is 6.07 Å². The molecule has 0 spiro atoms. The van der Waals surface area contributed by atoms with E-state index in [1.54, 1.807) is 24.5 Å². The molecule has 2 rings (SSSR count). The molecule has 1 aromatic carbocycles. The van der Waals surface area contributed by atoms with Gasteiger partial charge >= 0.3 is 0 Å². The summed E-state index contributed by atoms with van der Waals surface area (Å²) in [6.45, 7) is 1.88. The van der Waals surface area contributed by atoms with Crippen molar-refractivity contribution < 1.29 is 4.39 Å². The number of rotatable bonds is 2. The summed E-state index contributed by atoms with van der Waals surface area (Å²) >= 11 is 4.18. The largest absolute Gasteiger partial charge is 0.231 e. The van der Waals surface area contributed by atoms with Crippen LogP contribution in [0.15, 0.2) is 39.1 Å². The number of halogens is 2. The summed E-state index contributed by atoms with van der Waals surface area (Å²) in [5.74, 6) is -0.469. The van der Waals surface area contributed by atoms with E-state index in [-0.39, 0.29) is 10.0 Å². The first-order valence-electron chi connectivity index (χ1n) is 4.96. The Morgan fingerprint density at radius 3 is 2.61 bits per heavy atom. The summed E-state index contributed by atoms with van der Waals surface area (Å²) in [5.41, 5.74) is 1.21. The molecular formula is C12H7BrFN3S. The van der Waals surface area contributed by atoms with E-state index in [9.17, 15) is 4.39 Å².